The average molecular weight is 504 g/mol. The van der Waals surface area contributed by atoms with Crippen LogP contribution < -0.4 is 5.32 Å². The molecule has 1 aliphatic heterocycles. The third kappa shape index (κ3) is 5.61. The lowest BCUT2D eigenvalue weighted by atomic mass is 9.96. The van der Waals surface area contributed by atoms with Crippen molar-refractivity contribution >= 4 is 11.7 Å². The molecule has 1 aliphatic rings. The lowest BCUT2D eigenvalue weighted by Crippen LogP contribution is -2.39. The van der Waals surface area contributed by atoms with Gasteiger partial charge in [-0.1, -0.05) is 36.4 Å². The molecule has 0 fully saturated rings. The number of halogens is 3. The number of hydrogen-bond acceptors (Lipinski definition) is 4. The SMILES string of the molecule is Cc1ccccc1-c1nc(-c2cccnc2)nc2c1CN(C(=O)Nc1cccc(CC(F)(F)F)c1)CC2. The summed E-state index contributed by atoms with van der Waals surface area (Å²) >= 11 is 0. The minimum Gasteiger partial charge on any atom is -0.320 e. The number of carbonyl (C=O) groups is 1. The van der Waals surface area contributed by atoms with E-state index in [0.717, 1.165) is 33.6 Å². The Morgan fingerprint density at radius 1 is 1.05 bits per heavy atom. The first-order valence-corrected chi connectivity index (χ1v) is 11.8. The predicted molar refractivity (Wildman–Crippen MR) is 135 cm³/mol. The van der Waals surface area contributed by atoms with Crippen molar-refractivity contribution in [3.8, 4) is 22.6 Å². The van der Waals surface area contributed by atoms with E-state index >= 15 is 0 Å². The maximum Gasteiger partial charge on any atom is 0.393 e. The van der Waals surface area contributed by atoms with Gasteiger partial charge in [-0.05, 0) is 42.3 Å². The predicted octanol–water partition coefficient (Wildman–Crippen LogP) is 6.21. The smallest absolute Gasteiger partial charge is 0.320 e. The van der Waals surface area contributed by atoms with Gasteiger partial charge in [0.15, 0.2) is 5.82 Å². The molecular weight excluding hydrogens is 479 g/mol. The number of urea groups is 1. The van der Waals surface area contributed by atoms with Crippen molar-refractivity contribution in [1.82, 2.24) is 19.9 Å². The molecule has 2 amide bonds. The van der Waals surface area contributed by atoms with Crippen LogP contribution in [0.3, 0.4) is 0 Å². The molecule has 4 aromatic rings. The van der Waals surface area contributed by atoms with Gasteiger partial charge in [0, 0.05) is 47.7 Å². The fraction of sp³-hybridized carbons (Fsp3) is 0.214. The summed E-state index contributed by atoms with van der Waals surface area (Å²) in [6.07, 6.45) is -1.44. The number of carbonyl (C=O) groups excluding carboxylic acids is 1. The van der Waals surface area contributed by atoms with E-state index in [-0.39, 0.29) is 18.1 Å². The topological polar surface area (TPSA) is 71.0 Å². The zero-order valence-electron chi connectivity index (χ0n) is 20.1. The molecule has 37 heavy (non-hydrogen) atoms. The molecule has 2 aromatic carbocycles. The monoisotopic (exact) mass is 503 g/mol. The zero-order chi connectivity index (χ0) is 26.0. The van der Waals surface area contributed by atoms with Crippen LogP contribution in [0.1, 0.15) is 22.4 Å². The number of nitrogens with zero attached hydrogens (tertiary/aromatic N) is 4. The van der Waals surface area contributed by atoms with E-state index in [2.05, 4.69) is 10.3 Å². The lowest BCUT2D eigenvalue weighted by Gasteiger charge is -2.30. The highest BCUT2D eigenvalue weighted by atomic mass is 19.4. The first-order chi connectivity index (χ1) is 17.8. The number of pyridine rings is 1. The second-order valence-electron chi connectivity index (χ2n) is 8.97. The first kappa shape index (κ1) is 24.4. The second kappa shape index (κ2) is 10.0. The molecule has 0 saturated carbocycles. The maximum absolute atomic E-state index is 13.1. The number of aromatic nitrogens is 3. The third-order valence-corrected chi connectivity index (χ3v) is 6.25. The van der Waals surface area contributed by atoms with E-state index in [1.54, 1.807) is 23.4 Å². The van der Waals surface area contributed by atoms with E-state index in [9.17, 15) is 18.0 Å². The largest absolute Gasteiger partial charge is 0.393 e. The summed E-state index contributed by atoms with van der Waals surface area (Å²) in [5.41, 5.74) is 5.69. The van der Waals surface area contributed by atoms with Crippen LogP contribution in [0.15, 0.2) is 73.1 Å². The summed E-state index contributed by atoms with van der Waals surface area (Å²) in [6, 6.07) is 17.1. The molecule has 6 nitrogen and oxygen atoms in total. The van der Waals surface area contributed by atoms with Gasteiger partial charge in [-0.2, -0.15) is 13.2 Å². The van der Waals surface area contributed by atoms with E-state index in [1.165, 1.54) is 18.2 Å². The summed E-state index contributed by atoms with van der Waals surface area (Å²) in [6.45, 7) is 2.70. The minimum absolute atomic E-state index is 0.0902. The highest BCUT2D eigenvalue weighted by Crippen LogP contribution is 2.32. The van der Waals surface area contributed by atoms with Crippen LogP contribution in [0.25, 0.3) is 22.6 Å². The van der Waals surface area contributed by atoms with Gasteiger partial charge in [0.25, 0.3) is 0 Å². The van der Waals surface area contributed by atoms with Gasteiger partial charge in [0.2, 0.25) is 0 Å². The molecule has 0 aliphatic carbocycles. The van der Waals surface area contributed by atoms with Crippen LogP contribution in [0.5, 0.6) is 0 Å². The molecule has 2 aromatic heterocycles. The van der Waals surface area contributed by atoms with E-state index in [4.69, 9.17) is 9.97 Å². The minimum atomic E-state index is -4.32. The fourth-order valence-corrected chi connectivity index (χ4v) is 4.47. The molecule has 3 heterocycles. The number of hydrogen-bond donors (Lipinski definition) is 1. The summed E-state index contributed by atoms with van der Waals surface area (Å²) < 4.78 is 38.4. The van der Waals surface area contributed by atoms with Crippen LogP contribution in [0.2, 0.25) is 0 Å². The van der Waals surface area contributed by atoms with E-state index < -0.39 is 12.6 Å². The average Bonchev–Trinajstić information content (AvgIpc) is 2.88. The lowest BCUT2D eigenvalue weighted by molar-refractivity contribution is -0.127. The Labute approximate surface area is 212 Å². The molecule has 0 unspecified atom stereocenters. The van der Waals surface area contributed by atoms with Gasteiger partial charge < -0.3 is 10.2 Å². The van der Waals surface area contributed by atoms with Crippen molar-refractivity contribution < 1.29 is 18.0 Å². The Kier molecular flexibility index (Phi) is 6.60. The maximum atomic E-state index is 13.1. The van der Waals surface area contributed by atoms with Crippen molar-refractivity contribution in [1.29, 1.82) is 0 Å². The molecule has 0 spiro atoms. The van der Waals surface area contributed by atoms with Crippen LogP contribution in [0.4, 0.5) is 23.7 Å². The Morgan fingerprint density at radius 2 is 1.89 bits per heavy atom. The van der Waals surface area contributed by atoms with Crippen molar-refractivity contribution in [2.45, 2.75) is 32.5 Å². The second-order valence-corrected chi connectivity index (χ2v) is 8.97. The van der Waals surface area contributed by atoms with E-state index in [0.29, 0.717) is 24.5 Å². The van der Waals surface area contributed by atoms with Gasteiger partial charge in [-0.3, -0.25) is 4.98 Å². The first-order valence-electron chi connectivity index (χ1n) is 11.8. The van der Waals surface area contributed by atoms with Gasteiger partial charge in [-0.25, -0.2) is 14.8 Å². The normalized spacial score (nSPS) is 13.2. The van der Waals surface area contributed by atoms with Crippen LogP contribution in [-0.2, 0) is 19.4 Å². The van der Waals surface area contributed by atoms with Crippen LogP contribution in [-0.4, -0.2) is 38.6 Å². The number of anilines is 1. The summed E-state index contributed by atoms with van der Waals surface area (Å²) in [4.78, 5) is 28.6. The molecule has 0 bridgehead atoms. The molecular formula is C28H24F3N5O. The Balaban J connectivity index is 1.45. The number of fused-ring (bicyclic) bond motifs is 1. The molecule has 0 atom stereocenters. The van der Waals surface area contributed by atoms with Gasteiger partial charge in [0.05, 0.1) is 24.4 Å². The van der Waals surface area contributed by atoms with Gasteiger partial charge in [-0.15, -0.1) is 0 Å². The summed E-state index contributed by atoms with van der Waals surface area (Å²) in [7, 11) is 0. The molecule has 9 heteroatoms. The Bertz CT molecular complexity index is 1440. The highest BCUT2D eigenvalue weighted by Gasteiger charge is 2.29. The number of rotatable bonds is 4. The van der Waals surface area contributed by atoms with Crippen molar-refractivity contribution in [3.05, 3.63) is 95.4 Å². The van der Waals surface area contributed by atoms with Crippen LogP contribution in [0, 0.1) is 6.92 Å². The molecule has 188 valence electrons. The number of alkyl halides is 3. The number of aryl methyl sites for hydroxylation is 1. The fourth-order valence-electron chi connectivity index (χ4n) is 4.47. The van der Waals surface area contributed by atoms with Gasteiger partial charge in [0.1, 0.15) is 0 Å². The van der Waals surface area contributed by atoms with Crippen molar-refractivity contribution in [2.75, 3.05) is 11.9 Å². The summed E-state index contributed by atoms with van der Waals surface area (Å²) in [5.74, 6) is 0.574. The third-order valence-electron chi connectivity index (χ3n) is 6.25. The number of amides is 2. The molecule has 5 rings (SSSR count). The van der Waals surface area contributed by atoms with Crippen molar-refractivity contribution in [3.63, 3.8) is 0 Å². The van der Waals surface area contributed by atoms with Crippen molar-refractivity contribution in [2.24, 2.45) is 0 Å². The Morgan fingerprint density at radius 3 is 2.65 bits per heavy atom. The standard InChI is InChI=1S/C28H24F3N5O/c1-18-6-2-3-10-22(18)25-23-17-36(13-11-24(23)34-26(35-25)20-8-5-12-32-16-20)27(37)33-21-9-4-7-19(14-21)15-28(29,30)31/h2-10,12,14,16H,11,13,15,17H2,1H3,(H,33,37). The quantitative estimate of drug-likeness (QED) is 0.360. The zero-order valence-corrected chi connectivity index (χ0v) is 20.1. The molecule has 0 saturated heterocycles. The Hall–Kier alpha value is -4.27. The van der Waals surface area contributed by atoms with Gasteiger partial charge >= 0.3 is 12.2 Å². The molecule has 1 N–H and O–H groups in total. The number of benzene rings is 2. The summed E-state index contributed by atoms with van der Waals surface area (Å²) in [5, 5.41) is 2.75. The van der Waals surface area contributed by atoms with E-state index in [1.807, 2.05) is 43.3 Å². The van der Waals surface area contributed by atoms with Crippen LogP contribution >= 0.6 is 0 Å². The molecule has 0 radical (unpaired) electrons. The highest BCUT2D eigenvalue weighted by molar-refractivity contribution is 5.89. The number of nitrogens with one attached hydrogen (secondary N) is 1.